The molecule has 0 spiro atoms. The summed E-state index contributed by atoms with van der Waals surface area (Å²) in [5.74, 6) is -1.18. The number of aromatic nitrogens is 1. The quantitative estimate of drug-likeness (QED) is 0.627. The number of nitrogens with one attached hydrogen (secondary N) is 3. The summed E-state index contributed by atoms with van der Waals surface area (Å²) in [6, 6.07) is 10.5. The fraction of sp³-hybridized carbons (Fsp3) is 0.222. The van der Waals surface area contributed by atoms with E-state index in [-0.39, 0.29) is 30.6 Å². The second-order valence-electron chi connectivity index (χ2n) is 5.82. The molecule has 2 aromatic rings. The van der Waals surface area contributed by atoms with E-state index in [1.807, 2.05) is 12.1 Å². The molecule has 3 N–H and O–H groups in total. The summed E-state index contributed by atoms with van der Waals surface area (Å²) in [5.41, 5.74) is 5.68. The van der Waals surface area contributed by atoms with Crippen LogP contribution in [0, 0.1) is 5.92 Å². The Hall–Kier alpha value is -2.74. The van der Waals surface area contributed by atoms with Gasteiger partial charge in [-0.3, -0.25) is 30.2 Å². The number of anilines is 1. The van der Waals surface area contributed by atoms with Crippen LogP contribution in [0.3, 0.4) is 0 Å². The molecule has 0 aliphatic carbocycles. The molecule has 1 heterocycles. The van der Waals surface area contributed by atoms with Crippen LogP contribution in [0.25, 0.3) is 0 Å². The van der Waals surface area contributed by atoms with Gasteiger partial charge in [-0.05, 0) is 36.2 Å². The lowest BCUT2D eigenvalue weighted by Crippen LogP contribution is -2.42. The van der Waals surface area contributed by atoms with Crippen LogP contribution in [0.1, 0.15) is 30.1 Å². The molecule has 7 nitrogen and oxygen atoms in total. The molecular formula is C18H19BrN4O3. The summed E-state index contributed by atoms with van der Waals surface area (Å²) in [4.78, 5) is 39.6. The summed E-state index contributed by atoms with van der Waals surface area (Å²) in [7, 11) is 0. The van der Waals surface area contributed by atoms with Crippen molar-refractivity contribution in [3.8, 4) is 0 Å². The van der Waals surface area contributed by atoms with Gasteiger partial charge in [0.25, 0.3) is 5.91 Å². The van der Waals surface area contributed by atoms with Crippen molar-refractivity contribution in [3.63, 3.8) is 0 Å². The zero-order valence-electron chi connectivity index (χ0n) is 14.2. The highest BCUT2D eigenvalue weighted by Gasteiger charge is 2.14. The minimum Gasteiger partial charge on any atom is -0.326 e. The van der Waals surface area contributed by atoms with Gasteiger partial charge >= 0.3 is 0 Å². The summed E-state index contributed by atoms with van der Waals surface area (Å²) in [6.07, 6.45) is 3.25. The zero-order chi connectivity index (χ0) is 18.9. The maximum atomic E-state index is 12.0. The predicted molar refractivity (Wildman–Crippen MR) is 101 cm³/mol. The van der Waals surface area contributed by atoms with Crippen LogP contribution < -0.4 is 16.2 Å². The van der Waals surface area contributed by atoms with Gasteiger partial charge in [0.2, 0.25) is 11.8 Å². The Kier molecular flexibility index (Phi) is 7.28. The van der Waals surface area contributed by atoms with Crippen LogP contribution >= 0.6 is 15.9 Å². The van der Waals surface area contributed by atoms with Crippen LogP contribution in [0.2, 0.25) is 0 Å². The van der Waals surface area contributed by atoms with Crippen molar-refractivity contribution in [3.05, 3.63) is 58.8 Å². The van der Waals surface area contributed by atoms with Crippen molar-refractivity contribution in [1.29, 1.82) is 0 Å². The number of hydrazine groups is 1. The maximum absolute atomic E-state index is 12.0. The number of rotatable bonds is 6. The van der Waals surface area contributed by atoms with E-state index in [4.69, 9.17) is 0 Å². The van der Waals surface area contributed by atoms with Crippen LogP contribution in [0.4, 0.5) is 5.69 Å². The second kappa shape index (κ2) is 9.67. The first-order valence-electron chi connectivity index (χ1n) is 7.98. The van der Waals surface area contributed by atoms with Crippen LogP contribution in [0.5, 0.6) is 0 Å². The van der Waals surface area contributed by atoms with Crippen molar-refractivity contribution in [1.82, 2.24) is 15.8 Å². The molecule has 1 aromatic heterocycles. The van der Waals surface area contributed by atoms with Crippen molar-refractivity contribution in [2.75, 3.05) is 5.32 Å². The Morgan fingerprint density at radius 3 is 2.54 bits per heavy atom. The molecule has 0 radical (unpaired) electrons. The van der Waals surface area contributed by atoms with Gasteiger partial charge in [-0.25, -0.2) is 0 Å². The zero-order valence-corrected chi connectivity index (χ0v) is 15.7. The van der Waals surface area contributed by atoms with Crippen molar-refractivity contribution in [2.45, 2.75) is 19.8 Å². The van der Waals surface area contributed by atoms with E-state index in [9.17, 15) is 14.4 Å². The van der Waals surface area contributed by atoms with Gasteiger partial charge in [0.05, 0.1) is 5.56 Å². The van der Waals surface area contributed by atoms with Crippen molar-refractivity contribution < 1.29 is 14.4 Å². The van der Waals surface area contributed by atoms with Gasteiger partial charge in [0.15, 0.2) is 0 Å². The molecule has 8 heteroatoms. The molecule has 0 aliphatic heterocycles. The molecule has 136 valence electrons. The monoisotopic (exact) mass is 418 g/mol. The smallest absolute Gasteiger partial charge is 0.271 e. The summed E-state index contributed by atoms with van der Waals surface area (Å²) in [6.45, 7) is 1.79. The van der Waals surface area contributed by atoms with E-state index in [0.29, 0.717) is 11.3 Å². The second-order valence-corrected chi connectivity index (χ2v) is 6.73. The molecule has 0 saturated carbocycles. The molecule has 1 atom stereocenters. The number of amides is 3. The first kappa shape index (κ1) is 19.6. The number of nitrogens with zero attached hydrogens (tertiary/aromatic N) is 1. The number of halogens is 1. The Balaban J connectivity index is 1.72. The number of benzene rings is 1. The van der Waals surface area contributed by atoms with Crippen LogP contribution in [0.15, 0.2) is 53.3 Å². The number of hydrogen-bond donors (Lipinski definition) is 3. The maximum Gasteiger partial charge on any atom is 0.271 e. The lowest BCUT2D eigenvalue weighted by molar-refractivity contribution is -0.123. The molecule has 2 rings (SSSR count). The number of hydrogen-bond acceptors (Lipinski definition) is 4. The molecular weight excluding hydrogens is 400 g/mol. The first-order chi connectivity index (χ1) is 12.4. The van der Waals surface area contributed by atoms with Gasteiger partial charge in [-0.2, -0.15) is 0 Å². The van der Waals surface area contributed by atoms with Gasteiger partial charge in [-0.1, -0.05) is 28.9 Å². The van der Waals surface area contributed by atoms with E-state index >= 15 is 0 Å². The normalized spacial score (nSPS) is 11.3. The highest BCUT2D eigenvalue weighted by molar-refractivity contribution is 9.10. The van der Waals surface area contributed by atoms with E-state index in [1.54, 1.807) is 37.4 Å². The summed E-state index contributed by atoms with van der Waals surface area (Å²) in [5, 5.41) is 2.78. The number of pyridine rings is 1. The molecule has 3 amide bonds. The van der Waals surface area contributed by atoms with Crippen molar-refractivity contribution >= 4 is 39.3 Å². The van der Waals surface area contributed by atoms with E-state index in [2.05, 4.69) is 37.1 Å². The number of carbonyl (C=O) groups is 3. The molecule has 0 bridgehead atoms. The Morgan fingerprint density at radius 1 is 1.08 bits per heavy atom. The molecule has 0 aliphatic rings. The molecule has 26 heavy (non-hydrogen) atoms. The third-order valence-corrected chi connectivity index (χ3v) is 3.91. The van der Waals surface area contributed by atoms with Crippen LogP contribution in [-0.4, -0.2) is 22.7 Å². The Labute approximate surface area is 159 Å². The highest BCUT2D eigenvalue weighted by atomic mass is 79.9. The minimum atomic E-state index is -0.452. The lowest BCUT2D eigenvalue weighted by atomic mass is 10.0. The van der Waals surface area contributed by atoms with Gasteiger partial charge in [0.1, 0.15) is 0 Å². The largest absolute Gasteiger partial charge is 0.326 e. The molecule has 0 fully saturated rings. The fourth-order valence-corrected chi connectivity index (χ4v) is 2.63. The third-order valence-electron chi connectivity index (χ3n) is 3.42. The van der Waals surface area contributed by atoms with Gasteiger partial charge < -0.3 is 5.32 Å². The number of carbonyl (C=O) groups excluding carboxylic acids is 3. The average Bonchev–Trinajstić information content (AvgIpc) is 2.60. The van der Waals surface area contributed by atoms with E-state index in [1.165, 1.54) is 6.20 Å². The minimum absolute atomic E-state index is 0.110. The predicted octanol–water partition coefficient (Wildman–Crippen LogP) is 2.66. The summed E-state index contributed by atoms with van der Waals surface area (Å²) >= 11 is 3.34. The molecule has 0 saturated heterocycles. The van der Waals surface area contributed by atoms with Crippen LogP contribution in [-0.2, 0) is 9.59 Å². The topological polar surface area (TPSA) is 100 Å². The first-order valence-corrected chi connectivity index (χ1v) is 8.78. The molecule has 1 aromatic carbocycles. The Morgan fingerprint density at radius 2 is 1.85 bits per heavy atom. The third kappa shape index (κ3) is 6.64. The van der Waals surface area contributed by atoms with E-state index in [0.717, 1.165) is 4.47 Å². The average molecular weight is 419 g/mol. The Bertz CT molecular complexity index is 783. The summed E-state index contributed by atoms with van der Waals surface area (Å²) < 4.78 is 0.868. The standard InChI is InChI=1S/C18H19BrN4O3/c1-12(8-16(24)21-15-6-2-5-14(19)10-15)9-17(25)22-23-18(26)13-4-3-7-20-11-13/h2-7,10-12H,8-9H2,1H3,(H,21,24)(H,22,25)(H,23,26). The van der Waals surface area contributed by atoms with Crippen molar-refractivity contribution in [2.24, 2.45) is 5.92 Å². The lowest BCUT2D eigenvalue weighted by Gasteiger charge is -2.12. The SMILES string of the molecule is CC(CC(=O)NNC(=O)c1cccnc1)CC(=O)Nc1cccc(Br)c1. The van der Waals surface area contributed by atoms with Gasteiger partial charge in [0, 0.05) is 35.4 Å². The van der Waals surface area contributed by atoms with Gasteiger partial charge in [-0.15, -0.1) is 0 Å². The van der Waals surface area contributed by atoms with E-state index < -0.39 is 5.91 Å². The highest BCUT2D eigenvalue weighted by Crippen LogP contribution is 2.17. The fourth-order valence-electron chi connectivity index (χ4n) is 2.23. The molecule has 1 unspecified atom stereocenters.